The first kappa shape index (κ1) is 19.2. The maximum Gasteiger partial charge on any atom is 0.306 e. The molecule has 3 aromatic rings. The first-order valence-corrected chi connectivity index (χ1v) is 9.85. The van der Waals surface area contributed by atoms with E-state index in [2.05, 4.69) is 25.5 Å². The number of esters is 1. The average molecular weight is 398 g/mol. The summed E-state index contributed by atoms with van der Waals surface area (Å²) in [5.41, 5.74) is 1.58. The molecule has 3 heterocycles. The highest BCUT2D eigenvalue weighted by molar-refractivity contribution is 5.70. The number of carbonyl (C=O) groups excluding carboxylic acids is 1. The van der Waals surface area contributed by atoms with Crippen LogP contribution in [0.1, 0.15) is 37.7 Å². The zero-order chi connectivity index (χ0) is 20.2. The molecule has 0 aliphatic carbocycles. The van der Waals surface area contributed by atoms with Crippen molar-refractivity contribution in [3.8, 4) is 0 Å². The van der Waals surface area contributed by atoms with Gasteiger partial charge in [0.15, 0.2) is 11.5 Å². The molecule has 2 aromatic heterocycles. The fourth-order valence-corrected chi connectivity index (χ4v) is 4.01. The Bertz CT molecular complexity index is 969. The van der Waals surface area contributed by atoms with E-state index in [1.54, 1.807) is 19.1 Å². The van der Waals surface area contributed by atoms with Crippen LogP contribution in [-0.2, 0) is 9.53 Å². The zero-order valence-corrected chi connectivity index (χ0v) is 16.2. The molecule has 1 aliphatic rings. The molecule has 29 heavy (non-hydrogen) atoms. The summed E-state index contributed by atoms with van der Waals surface area (Å²) in [6, 6.07) is 10.2. The molecule has 0 N–H and O–H groups in total. The monoisotopic (exact) mass is 398 g/mol. The molecule has 1 fully saturated rings. The second-order valence-corrected chi connectivity index (χ2v) is 7.21. The number of ether oxygens (including phenoxy) is 1. The smallest absolute Gasteiger partial charge is 0.306 e. The normalized spacial score (nSPS) is 16.1. The number of carbonyl (C=O) groups is 1. The third kappa shape index (κ3) is 4.33. The van der Waals surface area contributed by atoms with Gasteiger partial charge >= 0.3 is 5.97 Å². The highest BCUT2D eigenvalue weighted by atomic mass is 19.1. The van der Waals surface area contributed by atoms with Gasteiger partial charge in [-0.2, -0.15) is 0 Å². The SMILES string of the molecule is CCOC(=O)C[C@@H](c1ccc(F)cc1)C1CCN(c2ccc3nnnn3n2)CC1. The van der Waals surface area contributed by atoms with Crippen LogP contribution in [0.2, 0.25) is 0 Å². The Morgan fingerprint density at radius 3 is 2.69 bits per heavy atom. The minimum atomic E-state index is -0.275. The van der Waals surface area contributed by atoms with Crippen LogP contribution in [0.5, 0.6) is 0 Å². The maximum absolute atomic E-state index is 13.4. The molecule has 0 saturated carbocycles. The Morgan fingerprint density at radius 1 is 1.21 bits per heavy atom. The lowest BCUT2D eigenvalue weighted by atomic mass is 9.78. The van der Waals surface area contributed by atoms with Crippen LogP contribution in [0.3, 0.4) is 0 Å². The summed E-state index contributed by atoms with van der Waals surface area (Å²) in [6.45, 7) is 3.79. The van der Waals surface area contributed by atoms with Gasteiger partial charge in [0.1, 0.15) is 5.82 Å². The molecule has 1 saturated heterocycles. The van der Waals surface area contributed by atoms with E-state index in [1.807, 2.05) is 12.1 Å². The molecular formula is C20H23FN6O2. The largest absolute Gasteiger partial charge is 0.466 e. The lowest BCUT2D eigenvalue weighted by Crippen LogP contribution is -2.37. The standard InChI is InChI=1S/C20H23FN6O2/c1-2-29-20(28)13-17(14-3-5-16(21)6-4-14)15-9-11-26(12-10-15)19-8-7-18-22-24-25-27(18)23-19/h3-8,15,17H,2,9-13H2,1H3/t17-/m0/s1. The Morgan fingerprint density at radius 2 is 1.97 bits per heavy atom. The Hall–Kier alpha value is -3.10. The highest BCUT2D eigenvalue weighted by Crippen LogP contribution is 2.36. The number of aromatic nitrogens is 5. The van der Waals surface area contributed by atoms with Gasteiger partial charge in [0.25, 0.3) is 0 Å². The first-order chi connectivity index (χ1) is 14.1. The van der Waals surface area contributed by atoms with E-state index in [-0.39, 0.29) is 17.7 Å². The predicted molar refractivity (Wildman–Crippen MR) is 104 cm³/mol. The quantitative estimate of drug-likeness (QED) is 0.590. The van der Waals surface area contributed by atoms with Gasteiger partial charge in [0, 0.05) is 13.1 Å². The summed E-state index contributed by atoms with van der Waals surface area (Å²) >= 11 is 0. The van der Waals surface area contributed by atoms with E-state index in [1.165, 1.54) is 16.8 Å². The van der Waals surface area contributed by atoms with E-state index < -0.39 is 0 Å². The van der Waals surface area contributed by atoms with Gasteiger partial charge < -0.3 is 9.64 Å². The molecule has 0 unspecified atom stereocenters. The van der Waals surface area contributed by atoms with Gasteiger partial charge in [-0.3, -0.25) is 4.79 Å². The third-order valence-corrected chi connectivity index (χ3v) is 5.48. The molecule has 1 aliphatic heterocycles. The van der Waals surface area contributed by atoms with Crippen LogP contribution < -0.4 is 4.90 Å². The summed E-state index contributed by atoms with van der Waals surface area (Å²) < 4.78 is 20.0. The van der Waals surface area contributed by atoms with Crippen LogP contribution in [0, 0.1) is 11.7 Å². The van der Waals surface area contributed by atoms with Crippen LogP contribution in [0.25, 0.3) is 5.65 Å². The number of halogens is 1. The van der Waals surface area contributed by atoms with E-state index in [9.17, 15) is 9.18 Å². The number of anilines is 1. The number of rotatable bonds is 6. The number of hydrogen-bond donors (Lipinski definition) is 0. The lowest BCUT2D eigenvalue weighted by Gasteiger charge is -2.36. The van der Waals surface area contributed by atoms with E-state index in [0.29, 0.717) is 24.6 Å². The summed E-state index contributed by atoms with van der Waals surface area (Å²) in [4.78, 5) is 14.4. The summed E-state index contributed by atoms with van der Waals surface area (Å²) in [5.74, 6) is 0.647. The molecule has 1 atom stereocenters. The van der Waals surface area contributed by atoms with Gasteiger partial charge in [0.2, 0.25) is 0 Å². The number of benzene rings is 1. The molecule has 9 heteroatoms. The molecule has 0 radical (unpaired) electrons. The number of fused-ring (bicyclic) bond motifs is 1. The third-order valence-electron chi connectivity index (χ3n) is 5.48. The second kappa shape index (κ2) is 8.50. The van der Waals surface area contributed by atoms with Gasteiger partial charge in [-0.1, -0.05) is 12.1 Å². The zero-order valence-electron chi connectivity index (χ0n) is 16.2. The van der Waals surface area contributed by atoms with Gasteiger partial charge in [0.05, 0.1) is 13.0 Å². The molecular weight excluding hydrogens is 375 g/mol. The van der Waals surface area contributed by atoms with Crippen molar-refractivity contribution in [1.29, 1.82) is 0 Å². The molecule has 8 nitrogen and oxygen atoms in total. The maximum atomic E-state index is 13.4. The Labute approximate surface area is 167 Å². The Balaban J connectivity index is 1.47. The number of hydrogen-bond acceptors (Lipinski definition) is 7. The topological polar surface area (TPSA) is 85.5 Å². The van der Waals surface area contributed by atoms with Crippen molar-refractivity contribution in [1.82, 2.24) is 25.3 Å². The van der Waals surface area contributed by atoms with Crippen molar-refractivity contribution in [2.75, 3.05) is 24.6 Å². The van der Waals surface area contributed by atoms with E-state index in [0.717, 1.165) is 37.3 Å². The van der Waals surface area contributed by atoms with Crippen LogP contribution in [0.4, 0.5) is 10.2 Å². The molecule has 152 valence electrons. The predicted octanol–water partition coefficient (Wildman–Crippen LogP) is 2.61. The van der Waals surface area contributed by atoms with Crippen LogP contribution in [0.15, 0.2) is 36.4 Å². The molecule has 4 rings (SSSR count). The molecule has 0 spiro atoms. The molecule has 1 aromatic carbocycles. The van der Waals surface area contributed by atoms with E-state index >= 15 is 0 Å². The van der Waals surface area contributed by atoms with Crippen molar-refractivity contribution < 1.29 is 13.9 Å². The van der Waals surface area contributed by atoms with Crippen molar-refractivity contribution in [2.24, 2.45) is 5.92 Å². The number of tetrazole rings is 1. The second-order valence-electron chi connectivity index (χ2n) is 7.21. The summed E-state index contributed by atoms with van der Waals surface area (Å²) in [5, 5.41) is 15.8. The van der Waals surface area contributed by atoms with Crippen LogP contribution >= 0.6 is 0 Å². The van der Waals surface area contributed by atoms with Crippen molar-refractivity contribution in [2.45, 2.75) is 32.1 Å². The minimum absolute atomic E-state index is 0.00625. The van der Waals surface area contributed by atoms with Gasteiger partial charge in [-0.25, -0.2) is 4.39 Å². The van der Waals surface area contributed by atoms with Crippen molar-refractivity contribution in [3.63, 3.8) is 0 Å². The van der Waals surface area contributed by atoms with Crippen molar-refractivity contribution >= 4 is 17.4 Å². The summed E-state index contributed by atoms with van der Waals surface area (Å²) in [7, 11) is 0. The first-order valence-electron chi connectivity index (χ1n) is 9.85. The van der Waals surface area contributed by atoms with E-state index in [4.69, 9.17) is 4.74 Å². The number of piperidine rings is 1. The summed E-state index contributed by atoms with van der Waals surface area (Å²) in [6.07, 6.45) is 2.10. The Kier molecular flexibility index (Phi) is 5.64. The van der Waals surface area contributed by atoms with Crippen molar-refractivity contribution in [3.05, 3.63) is 47.8 Å². The average Bonchev–Trinajstić information content (AvgIpc) is 3.21. The highest BCUT2D eigenvalue weighted by Gasteiger charge is 2.30. The van der Waals surface area contributed by atoms with Gasteiger partial charge in [-0.15, -0.1) is 14.8 Å². The minimum Gasteiger partial charge on any atom is -0.466 e. The van der Waals surface area contributed by atoms with Gasteiger partial charge in [-0.05, 0) is 71.9 Å². The number of nitrogens with zero attached hydrogens (tertiary/aromatic N) is 6. The fraction of sp³-hybridized carbons (Fsp3) is 0.450. The molecule has 0 bridgehead atoms. The van der Waals surface area contributed by atoms with Crippen LogP contribution in [-0.4, -0.2) is 50.9 Å². The fourth-order valence-electron chi connectivity index (χ4n) is 4.01. The lowest BCUT2D eigenvalue weighted by molar-refractivity contribution is -0.143. The molecule has 0 amide bonds.